The zero-order valence-electron chi connectivity index (χ0n) is 22.2. The molecule has 1 N–H and O–H groups in total. The molecule has 6 nitrogen and oxygen atoms in total. The summed E-state index contributed by atoms with van der Waals surface area (Å²) in [4.78, 5) is 21.3. The lowest BCUT2D eigenvalue weighted by Crippen LogP contribution is -2.36. The van der Waals surface area contributed by atoms with E-state index in [4.69, 9.17) is 9.72 Å². The molecule has 39 heavy (non-hydrogen) atoms. The summed E-state index contributed by atoms with van der Waals surface area (Å²) in [7, 11) is 0. The number of alkyl halides is 1. The van der Waals surface area contributed by atoms with Gasteiger partial charge in [0.25, 0.3) is 5.91 Å². The first-order chi connectivity index (χ1) is 19.1. The van der Waals surface area contributed by atoms with Crippen molar-refractivity contribution >= 4 is 32.4 Å². The first-order valence-corrected chi connectivity index (χ1v) is 15.3. The number of carbonyl (C=O) groups is 1. The van der Waals surface area contributed by atoms with Gasteiger partial charge < -0.3 is 15.0 Å². The van der Waals surface area contributed by atoms with E-state index in [0.717, 1.165) is 71.9 Å². The number of hydrogen-bond donors (Lipinski definition) is 1. The summed E-state index contributed by atoms with van der Waals surface area (Å²) < 4.78 is 22.6. The Kier molecular flexibility index (Phi) is 6.87. The first kappa shape index (κ1) is 25.2. The molecule has 0 spiro atoms. The Balaban J connectivity index is 0.00000289. The van der Waals surface area contributed by atoms with E-state index < -0.39 is 6.17 Å². The van der Waals surface area contributed by atoms with Crippen molar-refractivity contribution < 1.29 is 15.3 Å². The quantitative estimate of drug-likeness (QED) is 0.248. The maximum Gasteiger partial charge on any atom is 0.251 e. The van der Waals surface area contributed by atoms with Gasteiger partial charge in [-0.3, -0.25) is 9.20 Å². The van der Waals surface area contributed by atoms with Crippen molar-refractivity contribution in [3.63, 3.8) is 0 Å². The lowest BCUT2D eigenvalue weighted by Gasteiger charge is -2.28. The van der Waals surface area contributed by atoms with Crippen LogP contribution in [0.4, 0.5) is 4.39 Å². The molecule has 0 unspecified atom stereocenters. The first-order valence-electron chi connectivity index (χ1n) is 14.5. The van der Waals surface area contributed by atoms with Crippen molar-refractivity contribution in [2.75, 3.05) is 32.8 Å². The molecule has 7 rings (SSSR count). The predicted molar refractivity (Wildman–Crippen MR) is 156 cm³/mol. The van der Waals surface area contributed by atoms with Crippen LogP contribution in [0.1, 0.15) is 80.0 Å². The number of halogens is 1. The zero-order valence-corrected chi connectivity index (χ0v) is 23.0. The summed E-state index contributed by atoms with van der Waals surface area (Å²) in [5.74, 6) is 0.490. The van der Waals surface area contributed by atoms with Crippen molar-refractivity contribution in [1.82, 2.24) is 19.6 Å². The molecule has 2 aliphatic heterocycles. The van der Waals surface area contributed by atoms with Crippen molar-refractivity contribution in [2.24, 2.45) is 0 Å². The average Bonchev–Trinajstić information content (AvgIpc) is 3.35. The van der Waals surface area contributed by atoms with E-state index in [-0.39, 0.29) is 13.4 Å². The van der Waals surface area contributed by atoms with Crippen molar-refractivity contribution in [2.45, 2.75) is 63.1 Å². The van der Waals surface area contributed by atoms with Crippen LogP contribution in [0.2, 0.25) is 0 Å². The maximum absolute atomic E-state index is 13.3. The topological polar surface area (TPSA) is 58.9 Å². The van der Waals surface area contributed by atoms with Gasteiger partial charge in [0.15, 0.2) is 4.96 Å². The Labute approximate surface area is 233 Å². The molecule has 1 saturated carbocycles. The normalized spacial score (nSPS) is 20.8. The number of rotatable bonds is 8. The van der Waals surface area contributed by atoms with E-state index in [1.807, 2.05) is 12.1 Å². The number of ether oxygens (including phenoxy) is 1. The molecule has 2 aromatic heterocycles. The van der Waals surface area contributed by atoms with Gasteiger partial charge in [-0.1, -0.05) is 35.6 Å². The molecule has 3 fully saturated rings. The number of likely N-dealkylation sites (tertiary alicyclic amines) is 1. The molecule has 2 aromatic carbocycles. The van der Waals surface area contributed by atoms with Gasteiger partial charge in [-0.25, -0.2) is 9.37 Å². The van der Waals surface area contributed by atoms with Gasteiger partial charge in [-0.15, -0.1) is 0 Å². The van der Waals surface area contributed by atoms with Gasteiger partial charge in [0.1, 0.15) is 6.17 Å². The Bertz CT molecular complexity index is 1480. The molecule has 1 aliphatic carbocycles. The third kappa shape index (κ3) is 5.10. The second-order valence-electron chi connectivity index (χ2n) is 11.3. The number of benzene rings is 2. The fraction of sp³-hybridized carbons (Fsp3) is 0.484. The SMILES string of the molecule is O=C(NCCCN1CCC(F)CC1)c1ccc2c(c1)sc1nc(-c3ccc([C@H]4CCCO4)cc3)c(C3CC3)n12.[HH]. The summed E-state index contributed by atoms with van der Waals surface area (Å²) in [5, 5.41) is 3.07. The molecular formula is C31H37FN4O2S. The Morgan fingerprint density at radius 3 is 2.67 bits per heavy atom. The molecule has 8 heteroatoms. The zero-order chi connectivity index (χ0) is 26.3. The minimum absolute atomic E-state index is 0. The Morgan fingerprint density at radius 2 is 1.92 bits per heavy atom. The average molecular weight is 549 g/mol. The van der Waals surface area contributed by atoms with Crippen LogP contribution in [0.3, 0.4) is 0 Å². The minimum atomic E-state index is -0.647. The molecule has 1 amide bonds. The maximum atomic E-state index is 13.3. The number of aromatic nitrogens is 2. The van der Waals surface area contributed by atoms with E-state index in [0.29, 0.717) is 30.9 Å². The highest BCUT2D eigenvalue weighted by atomic mass is 32.1. The minimum Gasteiger partial charge on any atom is -0.374 e. The number of carbonyl (C=O) groups excluding carboxylic acids is 1. The molecule has 0 bridgehead atoms. The fourth-order valence-corrected chi connectivity index (χ4v) is 7.18. The van der Waals surface area contributed by atoms with Gasteiger partial charge in [-0.2, -0.15) is 0 Å². The van der Waals surface area contributed by atoms with E-state index in [2.05, 4.69) is 44.9 Å². The second-order valence-corrected chi connectivity index (χ2v) is 12.3. The van der Waals surface area contributed by atoms with Crippen LogP contribution in [0.15, 0.2) is 42.5 Å². The van der Waals surface area contributed by atoms with Gasteiger partial charge in [0, 0.05) is 44.7 Å². The van der Waals surface area contributed by atoms with Crippen LogP contribution >= 0.6 is 11.3 Å². The number of fused-ring (bicyclic) bond motifs is 3. The number of imidazole rings is 1. The van der Waals surface area contributed by atoms with E-state index in [1.54, 1.807) is 11.3 Å². The Hall–Kier alpha value is -2.81. The van der Waals surface area contributed by atoms with E-state index in [1.165, 1.54) is 24.1 Å². The van der Waals surface area contributed by atoms with Crippen molar-refractivity contribution in [3.05, 3.63) is 59.3 Å². The largest absolute Gasteiger partial charge is 0.374 e. The monoisotopic (exact) mass is 548 g/mol. The summed E-state index contributed by atoms with van der Waals surface area (Å²) >= 11 is 1.65. The lowest BCUT2D eigenvalue weighted by molar-refractivity contribution is 0.0950. The van der Waals surface area contributed by atoms with Gasteiger partial charge in [-0.05, 0) is 75.3 Å². The van der Waals surface area contributed by atoms with Crippen molar-refractivity contribution in [3.8, 4) is 11.3 Å². The summed E-state index contributed by atoms with van der Waals surface area (Å²) in [6, 6.07) is 14.8. The standard InChI is InChI=1S/C31H35FN4O2S.H2/c32-24-12-16-35(17-13-24)15-2-14-33-30(37)23-10-11-25-27(19-23)39-31-34-28(29(36(25)31)22-8-9-22)21-6-4-20(5-7-21)26-3-1-18-38-26;/h4-7,10-11,19,22,24,26H,1-3,8-9,12-18H2,(H,33,37);1H/t26-;/m1./s1. The van der Waals surface area contributed by atoms with Gasteiger partial charge >= 0.3 is 0 Å². The molecule has 3 aliphatic rings. The highest BCUT2D eigenvalue weighted by molar-refractivity contribution is 7.23. The van der Waals surface area contributed by atoms with Gasteiger partial charge in [0.05, 0.1) is 27.7 Å². The number of thiazole rings is 1. The molecule has 2 saturated heterocycles. The molecular weight excluding hydrogens is 511 g/mol. The summed E-state index contributed by atoms with van der Waals surface area (Å²) in [6.07, 6.45) is 6.32. The lowest BCUT2D eigenvalue weighted by atomic mass is 10.0. The molecule has 4 aromatic rings. The van der Waals surface area contributed by atoms with Crippen LogP contribution in [0.25, 0.3) is 26.4 Å². The van der Waals surface area contributed by atoms with Gasteiger partial charge in [0.2, 0.25) is 0 Å². The van der Waals surface area contributed by atoms with Crippen molar-refractivity contribution in [1.29, 1.82) is 0 Å². The number of nitrogens with one attached hydrogen (secondary N) is 1. The third-order valence-electron chi connectivity index (χ3n) is 8.45. The van der Waals surface area contributed by atoms with Crippen LogP contribution in [0.5, 0.6) is 0 Å². The summed E-state index contributed by atoms with van der Waals surface area (Å²) in [5.41, 5.74) is 6.61. The number of piperidine rings is 1. The van der Waals surface area contributed by atoms with E-state index >= 15 is 0 Å². The second kappa shape index (κ2) is 10.6. The highest BCUT2D eigenvalue weighted by Crippen LogP contribution is 2.47. The van der Waals surface area contributed by atoms with Crippen LogP contribution in [0, 0.1) is 0 Å². The number of nitrogens with zero attached hydrogens (tertiary/aromatic N) is 3. The molecule has 4 heterocycles. The third-order valence-corrected chi connectivity index (χ3v) is 9.45. The molecule has 1 atom stereocenters. The molecule has 0 radical (unpaired) electrons. The van der Waals surface area contributed by atoms with Crippen LogP contribution in [-0.4, -0.2) is 59.1 Å². The predicted octanol–water partition coefficient (Wildman–Crippen LogP) is 6.74. The summed E-state index contributed by atoms with van der Waals surface area (Å²) in [6.45, 7) is 4.01. The number of amides is 1. The van der Waals surface area contributed by atoms with E-state index in [9.17, 15) is 9.18 Å². The Morgan fingerprint density at radius 1 is 1.10 bits per heavy atom. The highest BCUT2D eigenvalue weighted by Gasteiger charge is 2.32. The number of hydrogen-bond acceptors (Lipinski definition) is 5. The molecule has 206 valence electrons. The van der Waals surface area contributed by atoms with Crippen LogP contribution in [-0.2, 0) is 4.74 Å². The fourth-order valence-electron chi connectivity index (χ4n) is 6.11. The van der Waals surface area contributed by atoms with Crippen LogP contribution < -0.4 is 5.32 Å². The smallest absolute Gasteiger partial charge is 0.251 e.